The van der Waals surface area contributed by atoms with Crippen LogP contribution in [0, 0.1) is 23.8 Å². The Morgan fingerprint density at radius 3 is 2.87 bits per heavy atom. The van der Waals surface area contributed by atoms with Gasteiger partial charge < -0.3 is 9.64 Å². The van der Waals surface area contributed by atoms with Crippen LogP contribution >= 0.6 is 11.3 Å². The van der Waals surface area contributed by atoms with E-state index in [1.807, 2.05) is 22.4 Å². The lowest BCUT2D eigenvalue weighted by Gasteiger charge is -2.22. The number of nitrogens with zero attached hydrogens (tertiary/aromatic N) is 1. The second-order valence-electron chi connectivity index (χ2n) is 3.06. The standard InChI is InChI=1S/C12H11NOS/c1(4-12-5-3-11-15-12)2-6-13-7-9-14-10-8-13/h3,5,11H,7-10H2. The molecule has 0 atom stereocenters. The average Bonchev–Trinajstić information content (AvgIpc) is 2.79. The number of rotatable bonds is 0. The highest BCUT2D eigenvalue weighted by molar-refractivity contribution is 7.10. The van der Waals surface area contributed by atoms with Gasteiger partial charge >= 0.3 is 0 Å². The summed E-state index contributed by atoms with van der Waals surface area (Å²) in [6.07, 6.45) is 0. The highest BCUT2D eigenvalue weighted by atomic mass is 32.1. The van der Waals surface area contributed by atoms with Crippen LogP contribution in [0.4, 0.5) is 0 Å². The highest BCUT2D eigenvalue weighted by Gasteiger charge is 2.04. The van der Waals surface area contributed by atoms with Crippen LogP contribution in [0.2, 0.25) is 0 Å². The lowest BCUT2D eigenvalue weighted by atomic mass is 10.4. The van der Waals surface area contributed by atoms with Crippen molar-refractivity contribution in [3.8, 4) is 23.8 Å². The third kappa shape index (κ3) is 3.32. The van der Waals surface area contributed by atoms with Gasteiger partial charge in [-0.05, 0) is 23.3 Å². The van der Waals surface area contributed by atoms with Crippen LogP contribution in [0.15, 0.2) is 17.5 Å². The van der Waals surface area contributed by atoms with Crippen molar-refractivity contribution in [2.45, 2.75) is 0 Å². The molecule has 0 aliphatic carbocycles. The first-order valence-electron chi connectivity index (χ1n) is 4.83. The van der Waals surface area contributed by atoms with Gasteiger partial charge in [-0.1, -0.05) is 6.07 Å². The summed E-state index contributed by atoms with van der Waals surface area (Å²) >= 11 is 1.63. The van der Waals surface area contributed by atoms with Crippen LogP contribution in [-0.4, -0.2) is 31.2 Å². The number of ether oxygens (including phenoxy) is 1. The molecule has 0 amide bonds. The monoisotopic (exact) mass is 217 g/mol. The molecular formula is C12H11NOS. The molecule has 1 aliphatic rings. The van der Waals surface area contributed by atoms with Gasteiger partial charge in [-0.25, -0.2) is 0 Å². The maximum atomic E-state index is 5.22. The van der Waals surface area contributed by atoms with Crippen molar-refractivity contribution >= 4 is 11.3 Å². The lowest BCUT2D eigenvalue weighted by Crippen LogP contribution is -2.32. The van der Waals surface area contributed by atoms with E-state index < -0.39 is 0 Å². The lowest BCUT2D eigenvalue weighted by molar-refractivity contribution is 0.0638. The van der Waals surface area contributed by atoms with Gasteiger partial charge in [0.25, 0.3) is 0 Å². The largest absolute Gasteiger partial charge is 0.378 e. The molecule has 2 heterocycles. The molecule has 1 saturated heterocycles. The Bertz CT molecular complexity index is 410. The summed E-state index contributed by atoms with van der Waals surface area (Å²) in [5.41, 5.74) is 0. The maximum Gasteiger partial charge on any atom is 0.0778 e. The summed E-state index contributed by atoms with van der Waals surface area (Å²) in [5, 5.41) is 2.01. The third-order valence-corrected chi connectivity index (χ3v) is 2.78. The van der Waals surface area contributed by atoms with E-state index in [0.29, 0.717) is 0 Å². The molecule has 1 aliphatic heterocycles. The normalized spacial score (nSPS) is 14.8. The fraction of sp³-hybridized carbons (Fsp3) is 0.333. The first-order valence-corrected chi connectivity index (χ1v) is 5.71. The van der Waals surface area contributed by atoms with Gasteiger partial charge in [0.1, 0.15) is 0 Å². The molecule has 3 heteroatoms. The highest BCUT2D eigenvalue weighted by Crippen LogP contribution is 2.05. The topological polar surface area (TPSA) is 12.5 Å². The van der Waals surface area contributed by atoms with Crippen molar-refractivity contribution < 1.29 is 4.74 Å². The molecule has 0 unspecified atom stereocenters. The minimum atomic E-state index is 0.771. The van der Waals surface area contributed by atoms with E-state index in [4.69, 9.17) is 4.74 Å². The van der Waals surface area contributed by atoms with Crippen LogP contribution in [0.5, 0.6) is 0 Å². The van der Waals surface area contributed by atoms with Crippen LogP contribution in [-0.2, 0) is 4.74 Å². The summed E-state index contributed by atoms with van der Waals surface area (Å²) in [7, 11) is 0. The van der Waals surface area contributed by atoms with Gasteiger partial charge in [-0.15, -0.1) is 11.3 Å². The SMILES string of the molecule is C(C#CN1CCOCC1)#Cc1cccs1. The van der Waals surface area contributed by atoms with Gasteiger partial charge in [0.05, 0.1) is 18.1 Å². The Labute approximate surface area is 93.9 Å². The first-order chi connectivity index (χ1) is 7.45. The van der Waals surface area contributed by atoms with E-state index in [1.54, 1.807) is 11.3 Å². The van der Waals surface area contributed by atoms with E-state index in [2.05, 4.69) is 23.8 Å². The third-order valence-electron chi connectivity index (χ3n) is 1.99. The van der Waals surface area contributed by atoms with Gasteiger partial charge in [-0.3, -0.25) is 0 Å². The minimum absolute atomic E-state index is 0.771. The molecule has 2 nitrogen and oxygen atoms in total. The zero-order chi connectivity index (χ0) is 10.3. The van der Waals surface area contributed by atoms with Crippen molar-refractivity contribution in [2.24, 2.45) is 0 Å². The number of hydrogen-bond acceptors (Lipinski definition) is 3. The van der Waals surface area contributed by atoms with Crippen molar-refractivity contribution in [1.82, 2.24) is 4.90 Å². The van der Waals surface area contributed by atoms with Crippen LogP contribution in [0.3, 0.4) is 0 Å². The van der Waals surface area contributed by atoms with E-state index >= 15 is 0 Å². The molecule has 1 fully saturated rings. The molecule has 2 rings (SSSR count). The molecule has 76 valence electrons. The Hall–Kier alpha value is -1.42. The van der Waals surface area contributed by atoms with Crippen LogP contribution in [0.25, 0.3) is 0 Å². The van der Waals surface area contributed by atoms with Crippen molar-refractivity contribution in [1.29, 1.82) is 0 Å². The second-order valence-corrected chi connectivity index (χ2v) is 4.01. The Balaban J connectivity index is 1.88. The average molecular weight is 217 g/mol. The zero-order valence-corrected chi connectivity index (χ0v) is 9.14. The Morgan fingerprint density at radius 1 is 1.27 bits per heavy atom. The molecule has 0 N–H and O–H groups in total. The summed E-state index contributed by atoms with van der Waals surface area (Å²) < 4.78 is 5.22. The molecule has 0 bridgehead atoms. The van der Waals surface area contributed by atoms with Crippen molar-refractivity contribution in [3.63, 3.8) is 0 Å². The summed E-state index contributed by atoms with van der Waals surface area (Å²) in [4.78, 5) is 3.11. The van der Waals surface area contributed by atoms with E-state index in [-0.39, 0.29) is 0 Å². The molecule has 0 spiro atoms. The Morgan fingerprint density at radius 2 is 2.13 bits per heavy atom. The molecule has 0 radical (unpaired) electrons. The van der Waals surface area contributed by atoms with Crippen LogP contribution < -0.4 is 0 Å². The van der Waals surface area contributed by atoms with Gasteiger partial charge in [-0.2, -0.15) is 0 Å². The zero-order valence-electron chi connectivity index (χ0n) is 8.32. The molecule has 1 aromatic rings. The molecule has 15 heavy (non-hydrogen) atoms. The fourth-order valence-electron chi connectivity index (χ4n) is 1.22. The summed E-state index contributed by atoms with van der Waals surface area (Å²) in [5.74, 6) is 8.71. The smallest absolute Gasteiger partial charge is 0.0778 e. The van der Waals surface area contributed by atoms with Crippen molar-refractivity contribution in [2.75, 3.05) is 26.3 Å². The Kier molecular flexibility index (Phi) is 3.68. The van der Waals surface area contributed by atoms with Gasteiger partial charge in [0.2, 0.25) is 0 Å². The van der Waals surface area contributed by atoms with Crippen LogP contribution in [0.1, 0.15) is 4.88 Å². The van der Waals surface area contributed by atoms with Gasteiger partial charge in [0.15, 0.2) is 0 Å². The first kappa shape index (κ1) is 10.1. The van der Waals surface area contributed by atoms with Crippen molar-refractivity contribution in [3.05, 3.63) is 22.4 Å². The molecule has 0 saturated carbocycles. The molecule has 1 aromatic heterocycles. The maximum absolute atomic E-state index is 5.22. The summed E-state index contributed by atoms with van der Waals surface area (Å²) in [6, 6.07) is 7.00. The molecular weight excluding hydrogens is 206 g/mol. The number of hydrogen-bond donors (Lipinski definition) is 0. The minimum Gasteiger partial charge on any atom is -0.378 e. The van der Waals surface area contributed by atoms with E-state index in [9.17, 15) is 0 Å². The quantitative estimate of drug-likeness (QED) is 0.609. The predicted molar refractivity (Wildman–Crippen MR) is 61.4 cm³/mol. The predicted octanol–water partition coefficient (Wildman–Crippen LogP) is 1.39. The van der Waals surface area contributed by atoms with Gasteiger partial charge in [0, 0.05) is 25.1 Å². The fourth-order valence-corrected chi connectivity index (χ4v) is 1.80. The van der Waals surface area contributed by atoms with E-state index in [0.717, 1.165) is 31.2 Å². The second kappa shape index (κ2) is 5.46. The van der Waals surface area contributed by atoms with E-state index in [1.165, 1.54) is 0 Å². The summed E-state index contributed by atoms with van der Waals surface area (Å²) in [6.45, 7) is 3.31. The number of thiophene rings is 1. The molecule has 0 aromatic carbocycles. The number of morpholine rings is 1.